The molecular weight excluding hydrogens is 412 g/mol. The smallest absolute Gasteiger partial charge is 0.262 e. The van der Waals surface area contributed by atoms with E-state index in [0.717, 1.165) is 0 Å². The van der Waals surface area contributed by atoms with Gasteiger partial charge in [-0.1, -0.05) is 0 Å². The van der Waals surface area contributed by atoms with Crippen molar-refractivity contribution in [3.8, 4) is 17.2 Å². The summed E-state index contributed by atoms with van der Waals surface area (Å²) >= 11 is 0. The Balaban J connectivity index is 1.73. The van der Waals surface area contributed by atoms with E-state index in [0.29, 0.717) is 22.9 Å². The van der Waals surface area contributed by atoms with E-state index in [-0.39, 0.29) is 29.5 Å². The minimum absolute atomic E-state index is 0.00521. The Bertz CT molecular complexity index is 1080. The maximum atomic E-state index is 12.9. The molecule has 2 aromatic rings. The molecule has 0 unspecified atom stereocenters. The highest BCUT2D eigenvalue weighted by Gasteiger charge is 2.28. The van der Waals surface area contributed by atoms with E-state index in [4.69, 9.17) is 14.2 Å². The number of rotatable bonds is 7. The average molecular weight is 434 g/mol. The Morgan fingerprint density at radius 1 is 1.20 bits per heavy atom. The normalized spacial score (nSPS) is 14.0. The van der Waals surface area contributed by atoms with Gasteiger partial charge in [0.05, 0.1) is 35.7 Å². The first-order valence-electron chi connectivity index (χ1n) is 9.07. The van der Waals surface area contributed by atoms with Crippen molar-refractivity contribution in [1.29, 1.82) is 0 Å². The maximum Gasteiger partial charge on any atom is 0.262 e. The summed E-state index contributed by atoms with van der Waals surface area (Å²) in [5.74, 6) is 0.500. The lowest BCUT2D eigenvalue weighted by molar-refractivity contribution is -0.118. The summed E-state index contributed by atoms with van der Waals surface area (Å²) in [4.78, 5) is 23.9. The molecule has 1 aliphatic heterocycles. The minimum atomic E-state index is -3.82. The van der Waals surface area contributed by atoms with Gasteiger partial charge in [-0.15, -0.1) is 0 Å². The predicted octanol–water partition coefficient (Wildman–Crippen LogP) is 2.23. The maximum absolute atomic E-state index is 12.9. The highest BCUT2D eigenvalue weighted by Crippen LogP contribution is 2.32. The number of sulfone groups is 1. The zero-order chi connectivity index (χ0) is 21.9. The number of hydrogen-bond acceptors (Lipinski definition) is 7. The van der Waals surface area contributed by atoms with Crippen molar-refractivity contribution in [1.82, 2.24) is 0 Å². The first-order chi connectivity index (χ1) is 14.2. The van der Waals surface area contributed by atoms with Gasteiger partial charge in [0.2, 0.25) is 5.91 Å². The highest BCUT2D eigenvalue weighted by atomic mass is 32.2. The molecule has 0 saturated heterocycles. The number of carbonyl (C=O) groups excluding carboxylic acids is 2. The van der Waals surface area contributed by atoms with Crippen LogP contribution in [0.4, 0.5) is 11.4 Å². The van der Waals surface area contributed by atoms with E-state index in [1.165, 1.54) is 39.3 Å². The van der Waals surface area contributed by atoms with Crippen LogP contribution in [-0.4, -0.2) is 46.3 Å². The zero-order valence-electron chi connectivity index (χ0n) is 16.7. The second kappa shape index (κ2) is 8.62. The fraction of sp³-hybridized carbons (Fsp3) is 0.300. The van der Waals surface area contributed by atoms with E-state index in [9.17, 15) is 18.0 Å². The lowest BCUT2D eigenvalue weighted by atomic mass is 10.2. The van der Waals surface area contributed by atoms with Crippen LogP contribution in [-0.2, 0) is 19.4 Å². The lowest BCUT2D eigenvalue weighted by Crippen LogP contribution is -2.27. The van der Waals surface area contributed by atoms with Gasteiger partial charge in [-0.25, -0.2) is 8.42 Å². The largest absolute Gasteiger partial charge is 0.497 e. The van der Waals surface area contributed by atoms with Crippen molar-refractivity contribution in [3.63, 3.8) is 0 Å². The third kappa shape index (κ3) is 4.48. The Hall–Kier alpha value is -3.27. The summed E-state index contributed by atoms with van der Waals surface area (Å²) < 4.78 is 41.4. The van der Waals surface area contributed by atoms with Gasteiger partial charge in [0, 0.05) is 12.5 Å². The number of nitrogens with one attached hydrogen (secondary N) is 2. The quantitative estimate of drug-likeness (QED) is 0.686. The Kier molecular flexibility index (Phi) is 6.16. The molecule has 0 fully saturated rings. The molecule has 0 saturated carbocycles. The highest BCUT2D eigenvalue weighted by molar-refractivity contribution is 7.92. The summed E-state index contributed by atoms with van der Waals surface area (Å²) in [6.07, 6.45) is -0.266. The molecule has 0 bridgehead atoms. The van der Waals surface area contributed by atoms with Gasteiger partial charge in [0.25, 0.3) is 5.91 Å². The molecule has 0 aliphatic carbocycles. The van der Waals surface area contributed by atoms with Crippen LogP contribution in [0.3, 0.4) is 0 Å². The molecule has 1 atom stereocenters. The van der Waals surface area contributed by atoms with Crippen LogP contribution in [0.1, 0.15) is 13.3 Å². The van der Waals surface area contributed by atoms with Gasteiger partial charge < -0.3 is 24.8 Å². The third-order valence-electron chi connectivity index (χ3n) is 4.60. The molecule has 10 heteroatoms. The predicted molar refractivity (Wildman–Crippen MR) is 110 cm³/mol. The van der Waals surface area contributed by atoms with Crippen LogP contribution in [0, 0.1) is 0 Å². The van der Waals surface area contributed by atoms with Gasteiger partial charge in [-0.05, 0) is 37.3 Å². The first-order valence-corrected chi connectivity index (χ1v) is 10.6. The van der Waals surface area contributed by atoms with E-state index in [1.807, 2.05) is 0 Å². The molecule has 3 rings (SSSR count). The number of carbonyl (C=O) groups is 2. The van der Waals surface area contributed by atoms with E-state index in [2.05, 4.69) is 10.6 Å². The molecule has 0 spiro atoms. The summed E-state index contributed by atoms with van der Waals surface area (Å²) in [6.45, 7) is 1.33. The number of fused-ring (bicyclic) bond motifs is 1. The molecule has 2 aromatic carbocycles. The fourth-order valence-corrected chi connectivity index (χ4v) is 4.32. The molecule has 30 heavy (non-hydrogen) atoms. The van der Waals surface area contributed by atoms with Gasteiger partial charge in [-0.3, -0.25) is 9.59 Å². The molecular formula is C20H22N2O7S. The van der Waals surface area contributed by atoms with Crippen LogP contribution in [0.15, 0.2) is 41.3 Å². The average Bonchev–Trinajstić information content (AvgIpc) is 2.73. The SMILES string of the molecule is COc1ccc(NC(=O)C[C@@H](C)S(=O)(=O)c2ccc3c(c2)NC(=O)CO3)c(OC)c1. The molecule has 2 N–H and O–H groups in total. The van der Waals surface area contributed by atoms with E-state index >= 15 is 0 Å². The van der Waals surface area contributed by atoms with E-state index < -0.39 is 21.0 Å². The second-order valence-electron chi connectivity index (χ2n) is 6.67. The molecule has 2 amide bonds. The number of ether oxygens (including phenoxy) is 3. The third-order valence-corrected chi connectivity index (χ3v) is 6.73. The standard InChI is InChI=1S/C20H22N2O7S/c1-12(8-19(23)21-15-6-4-13(27-2)9-18(15)28-3)30(25,26)14-5-7-17-16(10-14)22-20(24)11-29-17/h4-7,9-10,12H,8,11H2,1-3H3,(H,21,23)(H,22,24)/t12-/m1/s1. The van der Waals surface area contributed by atoms with Crippen molar-refractivity contribution >= 4 is 33.0 Å². The number of benzene rings is 2. The summed E-state index contributed by atoms with van der Waals surface area (Å²) in [6, 6.07) is 9.09. The number of hydrogen-bond donors (Lipinski definition) is 2. The summed E-state index contributed by atoms with van der Waals surface area (Å²) in [7, 11) is -0.856. The van der Waals surface area contributed by atoms with Crippen LogP contribution in [0.25, 0.3) is 0 Å². The van der Waals surface area contributed by atoms with Crippen molar-refractivity contribution in [3.05, 3.63) is 36.4 Å². The number of amides is 2. The van der Waals surface area contributed by atoms with Gasteiger partial charge >= 0.3 is 0 Å². The van der Waals surface area contributed by atoms with Crippen LogP contribution >= 0.6 is 0 Å². The number of anilines is 2. The Morgan fingerprint density at radius 2 is 1.97 bits per heavy atom. The topological polar surface area (TPSA) is 120 Å². The van der Waals surface area contributed by atoms with E-state index in [1.54, 1.807) is 18.2 Å². The first kappa shape index (κ1) is 21.4. The molecule has 0 aromatic heterocycles. The monoisotopic (exact) mass is 434 g/mol. The molecule has 1 heterocycles. The van der Waals surface area contributed by atoms with Gasteiger partial charge in [-0.2, -0.15) is 0 Å². The van der Waals surface area contributed by atoms with Crippen LogP contribution in [0.2, 0.25) is 0 Å². The van der Waals surface area contributed by atoms with Crippen molar-refractivity contribution in [2.45, 2.75) is 23.5 Å². The lowest BCUT2D eigenvalue weighted by Gasteiger charge is -2.19. The number of methoxy groups -OCH3 is 2. The molecule has 1 aliphatic rings. The summed E-state index contributed by atoms with van der Waals surface area (Å²) in [5.41, 5.74) is 0.688. The zero-order valence-corrected chi connectivity index (χ0v) is 17.5. The van der Waals surface area contributed by atoms with Crippen molar-refractivity contribution in [2.24, 2.45) is 0 Å². The van der Waals surface area contributed by atoms with Crippen LogP contribution in [0.5, 0.6) is 17.2 Å². The fourth-order valence-electron chi connectivity index (χ4n) is 2.95. The molecule has 0 radical (unpaired) electrons. The Morgan fingerprint density at radius 3 is 2.67 bits per heavy atom. The minimum Gasteiger partial charge on any atom is -0.497 e. The van der Waals surface area contributed by atoms with Crippen molar-refractivity contribution in [2.75, 3.05) is 31.5 Å². The van der Waals surface area contributed by atoms with Crippen molar-refractivity contribution < 1.29 is 32.2 Å². The van der Waals surface area contributed by atoms with Crippen LogP contribution < -0.4 is 24.8 Å². The van der Waals surface area contributed by atoms with Gasteiger partial charge in [0.1, 0.15) is 17.2 Å². The molecule has 9 nitrogen and oxygen atoms in total. The second-order valence-corrected chi connectivity index (χ2v) is 9.04. The summed E-state index contributed by atoms with van der Waals surface area (Å²) in [5, 5.41) is 4.24. The molecule has 160 valence electrons. The van der Waals surface area contributed by atoms with Gasteiger partial charge in [0.15, 0.2) is 16.4 Å². The Labute approximate surface area is 174 Å².